The molecule has 0 aromatic heterocycles. The number of benzene rings is 1. The zero-order valence-electron chi connectivity index (χ0n) is 10.7. The third-order valence-corrected chi connectivity index (χ3v) is 3.41. The van der Waals surface area contributed by atoms with E-state index in [4.69, 9.17) is 5.11 Å². The molecular formula is C14H17NO4. The fraction of sp³-hybridized carbons (Fsp3) is 0.429. The molecule has 1 amide bonds. The van der Waals surface area contributed by atoms with E-state index in [1.807, 2.05) is 13.0 Å². The number of carboxylic acids is 1. The van der Waals surface area contributed by atoms with Crippen molar-refractivity contribution in [2.45, 2.75) is 31.9 Å². The van der Waals surface area contributed by atoms with Crippen LogP contribution in [0.25, 0.3) is 0 Å². The molecule has 0 aliphatic carbocycles. The number of carbonyl (C=O) groups excluding carboxylic acids is 1. The molecule has 102 valence electrons. The van der Waals surface area contributed by atoms with Crippen LogP contribution in [0, 0.1) is 0 Å². The molecule has 0 unspecified atom stereocenters. The van der Waals surface area contributed by atoms with Gasteiger partial charge in [0.05, 0.1) is 6.10 Å². The summed E-state index contributed by atoms with van der Waals surface area (Å²) in [6.45, 7) is 2.06. The van der Waals surface area contributed by atoms with E-state index in [-0.39, 0.29) is 18.9 Å². The van der Waals surface area contributed by atoms with Crippen LogP contribution in [0.2, 0.25) is 0 Å². The highest BCUT2D eigenvalue weighted by Crippen LogP contribution is 2.21. The lowest BCUT2D eigenvalue weighted by atomic mass is 10.1. The Morgan fingerprint density at radius 2 is 2.16 bits per heavy atom. The minimum Gasteiger partial charge on any atom is -0.480 e. The van der Waals surface area contributed by atoms with Gasteiger partial charge in [-0.15, -0.1) is 0 Å². The highest BCUT2D eigenvalue weighted by molar-refractivity contribution is 5.97. The number of β-amino-alcohol motifs (C(OH)–C–C–N with tert-alkyl or cyclic N) is 1. The molecule has 0 radical (unpaired) electrons. The van der Waals surface area contributed by atoms with E-state index in [1.54, 1.807) is 18.2 Å². The number of aliphatic hydroxyl groups is 1. The molecule has 19 heavy (non-hydrogen) atoms. The molecule has 1 aliphatic rings. The topological polar surface area (TPSA) is 77.8 Å². The lowest BCUT2D eigenvalue weighted by molar-refractivity contribution is -0.141. The Morgan fingerprint density at radius 3 is 2.79 bits per heavy atom. The molecule has 1 fully saturated rings. The van der Waals surface area contributed by atoms with Crippen LogP contribution >= 0.6 is 0 Å². The van der Waals surface area contributed by atoms with Gasteiger partial charge in [0.2, 0.25) is 0 Å². The fourth-order valence-corrected chi connectivity index (χ4v) is 2.36. The van der Waals surface area contributed by atoms with E-state index in [9.17, 15) is 14.7 Å². The number of carbonyl (C=O) groups is 2. The number of likely N-dealkylation sites (tertiary alicyclic amines) is 1. The maximum absolute atomic E-state index is 12.3. The summed E-state index contributed by atoms with van der Waals surface area (Å²) in [4.78, 5) is 24.7. The molecule has 0 spiro atoms. The van der Waals surface area contributed by atoms with Crippen molar-refractivity contribution in [3.63, 3.8) is 0 Å². The number of hydrogen-bond acceptors (Lipinski definition) is 3. The van der Waals surface area contributed by atoms with Crippen LogP contribution in [0.15, 0.2) is 24.3 Å². The number of aliphatic hydroxyl groups excluding tert-OH is 1. The van der Waals surface area contributed by atoms with Crippen LogP contribution in [-0.2, 0) is 11.2 Å². The molecule has 1 aromatic rings. The van der Waals surface area contributed by atoms with Gasteiger partial charge in [0.1, 0.15) is 6.04 Å². The number of hydrogen-bond donors (Lipinski definition) is 2. The van der Waals surface area contributed by atoms with Crippen molar-refractivity contribution in [2.75, 3.05) is 6.54 Å². The minimum atomic E-state index is -1.07. The molecular weight excluding hydrogens is 246 g/mol. The van der Waals surface area contributed by atoms with Gasteiger partial charge >= 0.3 is 5.97 Å². The van der Waals surface area contributed by atoms with Gasteiger partial charge in [0.15, 0.2) is 0 Å². The first-order valence-electron chi connectivity index (χ1n) is 6.33. The molecule has 2 rings (SSSR count). The van der Waals surface area contributed by atoms with Crippen LogP contribution in [0.1, 0.15) is 29.3 Å². The first-order valence-corrected chi connectivity index (χ1v) is 6.33. The summed E-state index contributed by atoms with van der Waals surface area (Å²) in [5, 5.41) is 18.7. The highest BCUT2D eigenvalue weighted by Gasteiger charge is 2.39. The van der Waals surface area contributed by atoms with Gasteiger partial charge in [0, 0.05) is 18.5 Å². The van der Waals surface area contributed by atoms with Crippen LogP contribution < -0.4 is 0 Å². The molecule has 0 bridgehead atoms. The van der Waals surface area contributed by atoms with E-state index in [2.05, 4.69) is 0 Å². The molecule has 2 atom stereocenters. The van der Waals surface area contributed by atoms with E-state index in [0.717, 1.165) is 12.0 Å². The van der Waals surface area contributed by atoms with Gasteiger partial charge in [-0.2, -0.15) is 0 Å². The third-order valence-electron chi connectivity index (χ3n) is 3.41. The molecule has 1 aromatic carbocycles. The predicted molar refractivity (Wildman–Crippen MR) is 68.9 cm³/mol. The van der Waals surface area contributed by atoms with Crippen molar-refractivity contribution in [1.29, 1.82) is 0 Å². The summed E-state index contributed by atoms with van der Waals surface area (Å²) in [5.41, 5.74) is 1.50. The van der Waals surface area contributed by atoms with E-state index in [1.165, 1.54) is 4.90 Å². The second kappa shape index (κ2) is 5.40. The second-order valence-corrected chi connectivity index (χ2v) is 4.76. The quantitative estimate of drug-likeness (QED) is 0.849. The molecule has 1 saturated heterocycles. The Morgan fingerprint density at radius 1 is 1.42 bits per heavy atom. The number of nitrogens with zero attached hydrogens (tertiary/aromatic N) is 1. The van der Waals surface area contributed by atoms with Crippen molar-refractivity contribution >= 4 is 11.9 Å². The second-order valence-electron chi connectivity index (χ2n) is 4.76. The largest absolute Gasteiger partial charge is 0.480 e. The third kappa shape index (κ3) is 2.76. The van der Waals surface area contributed by atoms with Gasteiger partial charge in [-0.3, -0.25) is 4.79 Å². The van der Waals surface area contributed by atoms with Crippen molar-refractivity contribution < 1.29 is 19.8 Å². The Labute approximate surface area is 111 Å². The maximum Gasteiger partial charge on any atom is 0.326 e. The fourth-order valence-electron chi connectivity index (χ4n) is 2.36. The van der Waals surface area contributed by atoms with Crippen molar-refractivity contribution in [1.82, 2.24) is 4.90 Å². The highest BCUT2D eigenvalue weighted by atomic mass is 16.4. The predicted octanol–water partition coefficient (Wildman–Crippen LogP) is 0.909. The maximum atomic E-state index is 12.3. The summed E-state index contributed by atoms with van der Waals surface area (Å²) in [6, 6.07) is 6.21. The summed E-state index contributed by atoms with van der Waals surface area (Å²) >= 11 is 0. The van der Waals surface area contributed by atoms with Crippen LogP contribution in [0.5, 0.6) is 0 Å². The first kappa shape index (κ1) is 13.5. The Kier molecular flexibility index (Phi) is 3.85. The number of carboxylic acid groups (broad SMARTS) is 1. The number of rotatable bonds is 3. The van der Waals surface area contributed by atoms with Gasteiger partial charge in [0.25, 0.3) is 5.91 Å². The zero-order chi connectivity index (χ0) is 14.0. The molecule has 1 aliphatic heterocycles. The van der Waals surface area contributed by atoms with Crippen molar-refractivity contribution in [2.24, 2.45) is 0 Å². The SMILES string of the molecule is CCc1cccc(C(=O)N2C[C@H](O)C[C@H]2C(=O)O)c1. The Hall–Kier alpha value is -1.88. The van der Waals surface area contributed by atoms with E-state index >= 15 is 0 Å². The van der Waals surface area contributed by atoms with E-state index in [0.29, 0.717) is 5.56 Å². The lowest BCUT2D eigenvalue weighted by Crippen LogP contribution is -2.40. The average molecular weight is 263 g/mol. The minimum absolute atomic E-state index is 0.0755. The molecule has 5 heteroatoms. The van der Waals surface area contributed by atoms with Gasteiger partial charge in [-0.1, -0.05) is 19.1 Å². The molecule has 1 heterocycles. The first-order chi connectivity index (χ1) is 9.02. The summed E-state index contributed by atoms with van der Waals surface area (Å²) in [5.74, 6) is -1.41. The van der Waals surface area contributed by atoms with E-state index < -0.39 is 18.1 Å². The van der Waals surface area contributed by atoms with Crippen molar-refractivity contribution in [3.8, 4) is 0 Å². The Balaban J connectivity index is 2.24. The summed E-state index contributed by atoms with van der Waals surface area (Å²) < 4.78 is 0. The summed E-state index contributed by atoms with van der Waals surface area (Å²) in [6.07, 6.45) is 0.139. The standard InChI is InChI=1S/C14H17NO4/c1-2-9-4-3-5-10(6-9)13(17)15-8-11(16)7-12(15)14(18)19/h3-6,11-12,16H,2,7-8H2,1H3,(H,18,19)/t11-,12+/m1/s1. The van der Waals surface area contributed by atoms with Crippen molar-refractivity contribution in [3.05, 3.63) is 35.4 Å². The molecule has 5 nitrogen and oxygen atoms in total. The molecule has 0 saturated carbocycles. The van der Waals surface area contributed by atoms with Gasteiger partial charge in [-0.05, 0) is 24.1 Å². The normalized spacial score (nSPS) is 22.5. The number of amides is 1. The van der Waals surface area contributed by atoms with Crippen LogP contribution in [0.3, 0.4) is 0 Å². The smallest absolute Gasteiger partial charge is 0.326 e. The number of aryl methyl sites for hydroxylation is 1. The average Bonchev–Trinajstić information content (AvgIpc) is 2.80. The molecule has 2 N–H and O–H groups in total. The monoisotopic (exact) mass is 263 g/mol. The Bertz CT molecular complexity index is 500. The van der Waals surface area contributed by atoms with Gasteiger partial charge < -0.3 is 15.1 Å². The van der Waals surface area contributed by atoms with Crippen LogP contribution in [-0.4, -0.2) is 45.7 Å². The number of aliphatic carboxylic acids is 1. The van der Waals surface area contributed by atoms with Crippen LogP contribution in [0.4, 0.5) is 0 Å². The summed E-state index contributed by atoms with van der Waals surface area (Å²) in [7, 11) is 0. The lowest BCUT2D eigenvalue weighted by Gasteiger charge is -2.21. The van der Waals surface area contributed by atoms with Gasteiger partial charge in [-0.25, -0.2) is 4.79 Å². The zero-order valence-corrected chi connectivity index (χ0v) is 10.7.